The summed E-state index contributed by atoms with van der Waals surface area (Å²) < 4.78 is 6.11. The van der Waals surface area contributed by atoms with Crippen molar-refractivity contribution in [2.45, 2.75) is 69.1 Å². The van der Waals surface area contributed by atoms with Crippen LogP contribution in [0.2, 0.25) is 0 Å². The zero-order valence-corrected chi connectivity index (χ0v) is 18.1. The summed E-state index contributed by atoms with van der Waals surface area (Å²) in [5.74, 6) is 2.07. The number of ether oxygens (including phenoxy) is 1. The summed E-state index contributed by atoms with van der Waals surface area (Å²) in [7, 11) is 3.88. The van der Waals surface area contributed by atoms with E-state index in [9.17, 15) is 10.3 Å². The van der Waals surface area contributed by atoms with Crippen LogP contribution in [-0.4, -0.2) is 51.7 Å². The van der Waals surface area contributed by atoms with Gasteiger partial charge in [0.05, 0.1) is 11.1 Å². The fourth-order valence-electron chi connectivity index (χ4n) is 4.50. The zero-order chi connectivity index (χ0) is 19.4. The van der Waals surface area contributed by atoms with Gasteiger partial charge < -0.3 is 20.4 Å². The van der Waals surface area contributed by atoms with E-state index in [0.717, 1.165) is 29.0 Å². The predicted molar refractivity (Wildman–Crippen MR) is 112 cm³/mol. The van der Waals surface area contributed by atoms with E-state index in [4.69, 9.17) is 4.74 Å². The maximum absolute atomic E-state index is 10.6. The van der Waals surface area contributed by atoms with E-state index in [2.05, 4.69) is 17.4 Å². The molecule has 0 aliphatic carbocycles. The third-order valence-corrected chi connectivity index (χ3v) is 9.10. The van der Waals surface area contributed by atoms with Crippen LogP contribution >= 0.6 is 21.6 Å². The van der Waals surface area contributed by atoms with Crippen LogP contribution in [0.3, 0.4) is 0 Å². The molecule has 150 valence electrons. The Kier molecular flexibility index (Phi) is 5.23. The lowest BCUT2D eigenvalue weighted by Gasteiger charge is -2.34. The Bertz CT molecular complexity index is 674. The molecule has 3 aliphatic heterocycles. The van der Waals surface area contributed by atoms with E-state index in [1.54, 1.807) is 0 Å². The first-order valence-corrected chi connectivity index (χ1v) is 12.1. The van der Waals surface area contributed by atoms with Crippen molar-refractivity contribution in [2.24, 2.45) is 0 Å². The molecule has 7 heteroatoms. The lowest BCUT2D eigenvalue weighted by atomic mass is 9.88. The monoisotopic (exact) mass is 410 g/mol. The zero-order valence-electron chi connectivity index (χ0n) is 16.5. The van der Waals surface area contributed by atoms with Crippen molar-refractivity contribution in [1.82, 2.24) is 10.4 Å². The highest BCUT2D eigenvalue weighted by atomic mass is 33.1. The first-order chi connectivity index (χ1) is 12.7. The quantitative estimate of drug-likeness (QED) is 0.644. The molecule has 0 radical (unpaired) electrons. The standard InChI is InChI=1S/C20H30N2O3S2/c1-19(2)14-7-12-8-18(16(23)11-21-10-13-5-6-26-27-13)25-17(12)9-15(14)20(3,4)22(19)24/h7,9,13,16,18,21,23-24H,5-6,8,10-11H2,1-4H3. The van der Waals surface area contributed by atoms with E-state index in [1.807, 2.05) is 49.3 Å². The minimum absolute atomic E-state index is 0.211. The number of hydrogen-bond acceptors (Lipinski definition) is 7. The Labute approximate surface area is 169 Å². The molecule has 1 saturated heterocycles. The van der Waals surface area contributed by atoms with Crippen LogP contribution in [0.1, 0.15) is 50.8 Å². The highest BCUT2D eigenvalue weighted by molar-refractivity contribution is 8.77. The molecule has 0 saturated carbocycles. The molecule has 0 amide bonds. The van der Waals surface area contributed by atoms with E-state index in [-0.39, 0.29) is 6.10 Å². The van der Waals surface area contributed by atoms with Gasteiger partial charge in [0.25, 0.3) is 0 Å². The van der Waals surface area contributed by atoms with Crippen LogP contribution in [0.25, 0.3) is 0 Å². The van der Waals surface area contributed by atoms with Gasteiger partial charge in [-0.05, 0) is 62.9 Å². The normalized spacial score (nSPS) is 29.4. The molecule has 27 heavy (non-hydrogen) atoms. The molecule has 1 aromatic rings. The van der Waals surface area contributed by atoms with E-state index >= 15 is 0 Å². The Morgan fingerprint density at radius 3 is 2.63 bits per heavy atom. The smallest absolute Gasteiger partial charge is 0.130 e. The lowest BCUT2D eigenvalue weighted by molar-refractivity contribution is -0.216. The second kappa shape index (κ2) is 7.11. The van der Waals surface area contributed by atoms with Crippen molar-refractivity contribution in [3.8, 4) is 5.75 Å². The van der Waals surface area contributed by atoms with Crippen LogP contribution in [0, 0.1) is 0 Å². The predicted octanol–water partition coefficient (Wildman–Crippen LogP) is 3.27. The first kappa shape index (κ1) is 19.9. The molecule has 0 aromatic heterocycles. The highest BCUT2D eigenvalue weighted by Gasteiger charge is 2.50. The van der Waals surface area contributed by atoms with Gasteiger partial charge >= 0.3 is 0 Å². The van der Waals surface area contributed by atoms with Gasteiger partial charge in [0, 0.05) is 30.5 Å². The summed E-state index contributed by atoms with van der Waals surface area (Å²) >= 11 is 0. The minimum Gasteiger partial charge on any atom is -0.487 e. The number of hydrogen-bond donors (Lipinski definition) is 3. The van der Waals surface area contributed by atoms with Gasteiger partial charge in [-0.25, -0.2) is 0 Å². The molecule has 0 spiro atoms. The SMILES string of the molecule is CC1(C)c2cc3c(cc2C(C)(C)N1O)OC(C(O)CNCC1CCSS1)C3. The molecule has 3 N–H and O–H groups in total. The molecule has 5 nitrogen and oxygen atoms in total. The Hall–Kier alpha value is -0.440. The Morgan fingerprint density at radius 2 is 1.96 bits per heavy atom. The van der Waals surface area contributed by atoms with Crippen LogP contribution in [0.4, 0.5) is 0 Å². The minimum atomic E-state index is -0.526. The van der Waals surface area contributed by atoms with E-state index < -0.39 is 17.2 Å². The average Bonchev–Trinajstić information content (AvgIpc) is 3.30. The number of aliphatic hydroxyl groups is 1. The van der Waals surface area contributed by atoms with Gasteiger partial charge in [-0.15, -0.1) is 0 Å². The van der Waals surface area contributed by atoms with E-state index in [0.29, 0.717) is 18.2 Å². The van der Waals surface area contributed by atoms with Gasteiger partial charge in [-0.2, -0.15) is 5.06 Å². The molecule has 0 bridgehead atoms. The summed E-state index contributed by atoms with van der Waals surface area (Å²) in [6, 6.07) is 4.23. The van der Waals surface area contributed by atoms with Crippen molar-refractivity contribution in [3.63, 3.8) is 0 Å². The fourth-order valence-corrected chi connectivity index (χ4v) is 7.37. The Balaban J connectivity index is 1.44. The van der Waals surface area contributed by atoms with Gasteiger partial charge in [-0.1, -0.05) is 21.6 Å². The van der Waals surface area contributed by atoms with Gasteiger partial charge in [0.1, 0.15) is 18.0 Å². The van der Waals surface area contributed by atoms with Crippen molar-refractivity contribution < 1.29 is 15.1 Å². The van der Waals surface area contributed by atoms with Crippen LogP contribution < -0.4 is 10.1 Å². The maximum atomic E-state index is 10.6. The summed E-state index contributed by atoms with van der Waals surface area (Å²) in [6.07, 6.45) is 1.21. The van der Waals surface area contributed by atoms with Gasteiger partial charge in [0.2, 0.25) is 0 Å². The second-order valence-corrected chi connectivity index (χ2v) is 11.6. The molecular weight excluding hydrogens is 380 g/mol. The van der Waals surface area contributed by atoms with Crippen molar-refractivity contribution >= 4 is 21.6 Å². The third kappa shape index (κ3) is 3.40. The number of rotatable bonds is 5. The van der Waals surface area contributed by atoms with Gasteiger partial charge in [0.15, 0.2) is 0 Å². The van der Waals surface area contributed by atoms with Gasteiger partial charge in [-0.3, -0.25) is 0 Å². The number of benzene rings is 1. The van der Waals surface area contributed by atoms with Crippen LogP contribution in [0.15, 0.2) is 12.1 Å². The molecular formula is C20H30N2O3S2. The van der Waals surface area contributed by atoms with E-state index in [1.165, 1.54) is 17.2 Å². The third-order valence-electron chi connectivity index (χ3n) is 6.16. The molecule has 1 aromatic carbocycles. The number of fused-ring (bicyclic) bond motifs is 2. The maximum Gasteiger partial charge on any atom is 0.130 e. The number of aliphatic hydroxyl groups excluding tert-OH is 1. The molecule has 4 rings (SSSR count). The number of hydroxylamine groups is 2. The second-order valence-electron chi connectivity index (χ2n) is 8.85. The summed E-state index contributed by atoms with van der Waals surface area (Å²) in [5, 5.41) is 26.7. The molecule has 3 unspecified atom stereocenters. The molecule has 3 heterocycles. The summed E-state index contributed by atoms with van der Waals surface area (Å²) in [4.78, 5) is 0. The largest absolute Gasteiger partial charge is 0.487 e. The van der Waals surface area contributed by atoms with Crippen LogP contribution in [-0.2, 0) is 17.5 Å². The average molecular weight is 411 g/mol. The fraction of sp³-hybridized carbons (Fsp3) is 0.700. The molecule has 1 fully saturated rings. The van der Waals surface area contributed by atoms with Crippen LogP contribution in [0.5, 0.6) is 5.75 Å². The Morgan fingerprint density at radius 1 is 1.26 bits per heavy atom. The molecule has 3 atom stereocenters. The van der Waals surface area contributed by atoms with Crippen molar-refractivity contribution in [1.29, 1.82) is 0 Å². The van der Waals surface area contributed by atoms with Crippen molar-refractivity contribution in [2.75, 3.05) is 18.8 Å². The highest BCUT2D eigenvalue weighted by Crippen LogP contribution is 2.50. The summed E-state index contributed by atoms with van der Waals surface area (Å²) in [6.45, 7) is 9.63. The van der Waals surface area contributed by atoms with Crippen molar-refractivity contribution in [3.05, 3.63) is 28.8 Å². The number of nitrogens with one attached hydrogen (secondary N) is 1. The number of nitrogens with zero attached hydrogens (tertiary/aromatic N) is 1. The molecule has 3 aliphatic rings. The summed E-state index contributed by atoms with van der Waals surface area (Å²) in [5.41, 5.74) is 2.45. The topological polar surface area (TPSA) is 65.0 Å². The lowest BCUT2D eigenvalue weighted by Crippen LogP contribution is -2.42. The first-order valence-electron chi connectivity index (χ1n) is 9.72.